The number of hydrogen-bond donors (Lipinski definition) is 2. The molecule has 0 saturated carbocycles. The molecule has 0 bridgehead atoms. The zero-order valence-electron chi connectivity index (χ0n) is 14.0. The molecular weight excluding hydrogens is 326 g/mol. The number of nitrogens with zero attached hydrogens (tertiary/aromatic N) is 1. The van der Waals surface area contributed by atoms with E-state index in [0.717, 1.165) is 22.0 Å². The first-order valence-electron chi connectivity index (χ1n) is 8.33. The van der Waals surface area contributed by atoms with Gasteiger partial charge in [0.2, 0.25) is 0 Å². The first-order valence-corrected chi connectivity index (χ1v) is 8.33. The molecule has 0 radical (unpaired) electrons. The lowest BCUT2D eigenvalue weighted by Gasteiger charge is -2.09. The van der Waals surface area contributed by atoms with Gasteiger partial charge in [-0.05, 0) is 11.5 Å². The fourth-order valence-electron chi connectivity index (χ4n) is 2.81. The number of benzene rings is 3. The molecule has 0 spiro atoms. The maximum Gasteiger partial charge on any atom is 0.319 e. The van der Waals surface area contributed by atoms with Crippen LogP contribution in [-0.4, -0.2) is 11.2 Å². The monoisotopic (exact) mass is 343 g/mol. The van der Waals surface area contributed by atoms with Crippen LogP contribution >= 0.6 is 0 Å². The van der Waals surface area contributed by atoms with E-state index in [9.17, 15) is 4.79 Å². The van der Waals surface area contributed by atoms with Crippen LogP contribution in [-0.2, 0) is 6.54 Å². The summed E-state index contributed by atoms with van der Waals surface area (Å²) in [6, 6.07) is 25.0. The van der Waals surface area contributed by atoms with E-state index in [0.29, 0.717) is 11.5 Å². The Hall–Kier alpha value is -3.60. The van der Waals surface area contributed by atoms with E-state index >= 15 is 0 Å². The van der Waals surface area contributed by atoms with E-state index < -0.39 is 0 Å². The quantitative estimate of drug-likeness (QED) is 0.558. The Bertz CT molecular complexity index is 1040. The molecule has 5 nitrogen and oxygen atoms in total. The molecule has 0 aliphatic rings. The fraction of sp³-hybridized carbons (Fsp3) is 0.0476. The van der Waals surface area contributed by atoms with Gasteiger partial charge in [0.15, 0.2) is 5.76 Å². The van der Waals surface area contributed by atoms with E-state index in [1.807, 2.05) is 78.9 Å². The van der Waals surface area contributed by atoms with Crippen molar-refractivity contribution in [2.24, 2.45) is 0 Å². The highest BCUT2D eigenvalue weighted by atomic mass is 16.5. The minimum absolute atomic E-state index is 0.285. The van der Waals surface area contributed by atoms with Gasteiger partial charge >= 0.3 is 6.03 Å². The number of carbonyl (C=O) groups is 1. The molecule has 0 unspecified atom stereocenters. The van der Waals surface area contributed by atoms with Gasteiger partial charge in [0.25, 0.3) is 0 Å². The lowest BCUT2D eigenvalue weighted by Crippen LogP contribution is -2.28. The van der Waals surface area contributed by atoms with E-state index in [-0.39, 0.29) is 12.6 Å². The summed E-state index contributed by atoms with van der Waals surface area (Å²) in [5.74, 6) is 0.678. The number of aromatic nitrogens is 1. The standard InChI is InChI=1S/C21H17N3O2/c25-21(23-19-12-6-10-15-7-4-5-11-18(15)19)22-14-17-13-20(26-24-17)16-8-2-1-3-9-16/h1-13H,14H2,(H2,22,23,25). The summed E-state index contributed by atoms with van der Waals surface area (Å²) in [5.41, 5.74) is 2.38. The second-order valence-corrected chi connectivity index (χ2v) is 5.88. The van der Waals surface area contributed by atoms with E-state index in [1.165, 1.54) is 0 Å². The van der Waals surface area contributed by atoms with Gasteiger partial charge in [-0.2, -0.15) is 0 Å². The predicted molar refractivity (Wildman–Crippen MR) is 102 cm³/mol. The molecule has 3 aromatic carbocycles. The lowest BCUT2D eigenvalue weighted by atomic mass is 10.1. The molecule has 2 amide bonds. The molecule has 128 valence electrons. The maximum absolute atomic E-state index is 12.2. The van der Waals surface area contributed by atoms with E-state index in [1.54, 1.807) is 0 Å². The topological polar surface area (TPSA) is 67.2 Å². The fourth-order valence-corrected chi connectivity index (χ4v) is 2.81. The third-order valence-corrected chi connectivity index (χ3v) is 4.09. The van der Waals surface area contributed by atoms with Gasteiger partial charge in [-0.25, -0.2) is 4.79 Å². The summed E-state index contributed by atoms with van der Waals surface area (Å²) < 4.78 is 5.34. The zero-order chi connectivity index (χ0) is 17.8. The average Bonchev–Trinajstić information content (AvgIpc) is 3.17. The molecule has 0 aliphatic heterocycles. The molecule has 0 fully saturated rings. The van der Waals surface area contributed by atoms with Crippen LogP contribution in [0.2, 0.25) is 0 Å². The number of anilines is 1. The van der Waals surface area contributed by atoms with Crippen molar-refractivity contribution in [1.29, 1.82) is 0 Å². The summed E-state index contributed by atoms with van der Waals surface area (Å²) >= 11 is 0. The SMILES string of the molecule is O=C(NCc1cc(-c2ccccc2)on1)Nc1cccc2ccccc12. The van der Waals surface area contributed by atoms with Gasteiger partial charge in [0.1, 0.15) is 5.69 Å². The minimum atomic E-state index is -0.286. The normalized spacial score (nSPS) is 10.6. The molecule has 4 aromatic rings. The Kier molecular flexibility index (Phi) is 4.35. The average molecular weight is 343 g/mol. The van der Waals surface area contributed by atoms with Crippen molar-refractivity contribution in [1.82, 2.24) is 10.5 Å². The Labute approximate surface area is 150 Å². The third kappa shape index (κ3) is 3.42. The molecule has 0 atom stereocenters. The van der Waals surface area contributed by atoms with Gasteiger partial charge < -0.3 is 15.2 Å². The maximum atomic E-state index is 12.2. The Morgan fingerprint density at radius 3 is 2.58 bits per heavy atom. The van der Waals surface area contributed by atoms with Crippen LogP contribution in [0, 0.1) is 0 Å². The number of amides is 2. The van der Waals surface area contributed by atoms with Crippen molar-refractivity contribution >= 4 is 22.5 Å². The summed E-state index contributed by atoms with van der Waals surface area (Å²) in [4.78, 5) is 12.2. The van der Waals surface area contributed by atoms with Gasteiger partial charge in [-0.1, -0.05) is 71.9 Å². The Balaban J connectivity index is 1.41. The van der Waals surface area contributed by atoms with Crippen LogP contribution in [0.4, 0.5) is 10.5 Å². The highest BCUT2D eigenvalue weighted by Crippen LogP contribution is 2.23. The van der Waals surface area contributed by atoms with Crippen molar-refractivity contribution in [2.45, 2.75) is 6.54 Å². The molecular formula is C21H17N3O2. The number of urea groups is 1. The molecule has 2 N–H and O–H groups in total. The minimum Gasteiger partial charge on any atom is -0.356 e. The lowest BCUT2D eigenvalue weighted by molar-refractivity contribution is 0.251. The number of carbonyl (C=O) groups excluding carboxylic acids is 1. The number of rotatable bonds is 4. The summed E-state index contributed by atoms with van der Waals surface area (Å²) in [6.45, 7) is 0.285. The molecule has 5 heteroatoms. The predicted octanol–water partition coefficient (Wildman–Crippen LogP) is 4.82. The Morgan fingerprint density at radius 2 is 1.69 bits per heavy atom. The third-order valence-electron chi connectivity index (χ3n) is 4.09. The summed E-state index contributed by atoms with van der Waals surface area (Å²) in [6.07, 6.45) is 0. The van der Waals surface area contributed by atoms with Gasteiger partial charge in [0, 0.05) is 17.0 Å². The smallest absolute Gasteiger partial charge is 0.319 e. The molecule has 1 aromatic heterocycles. The van der Waals surface area contributed by atoms with Crippen molar-refractivity contribution in [3.63, 3.8) is 0 Å². The summed E-state index contributed by atoms with van der Waals surface area (Å²) in [5, 5.41) is 11.8. The van der Waals surface area contributed by atoms with Crippen LogP contribution in [0.15, 0.2) is 83.4 Å². The molecule has 0 aliphatic carbocycles. The van der Waals surface area contributed by atoms with Gasteiger partial charge in [-0.3, -0.25) is 0 Å². The van der Waals surface area contributed by atoms with Crippen LogP contribution in [0.25, 0.3) is 22.1 Å². The molecule has 26 heavy (non-hydrogen) atoms. The largest absolute Gasteiger partial charge is 0.356 e. The molecule has 0 saturated heterocycles. The van der Waals surface area contributed by atoms with Crippen LogP contribution in [0.1, 0.15) is 5.69 Å². The van der Waals surface area contributed by atoms with Gasteiger partial charge in [0.05, 0.1) is 12.2 Å². The van der Waals surface area contributed by atoms with Crippen LogP contribution in [0.5, 0.6) is 0 Å². The second kappa shape index (κ2) is 7.11. The van der Waals surface area contributed by atoms with E-state index in [4.69, 9.17) is 4.52 Å². The number of hydrogen-bond acceptors (Lipinski definition) is 3. The molecule has 4 rings (SSSR count). The van der Waals surface area contributed by atoms with Crippen LogP contribution < -0.4 is 10.6 Å². The van der Waals surface area contributed by atoms with Crippen molar-refractivity contribution < 1.29 is 9.32 Å². The van der Waals surface area contributed by atoms with Crippen LogP contribution in [0.3, 0.4) is 0 Å². The number of nitrogens with one attached hydrogen (secondary N) is 2. The van der Waals surface area contributed by atoms with Crippen molar-refractivity contribution in [3.8, 4) is 11.3 Å². The first kappa shape index (κ1) is 15.9. The highest BCUT2D eigenvalue weighted by Gasteiger charge is 2.09. The second-order valence-electron chi connectivity index (χ2n) is 5.88. The van der Waals surface area contributed by atoms with Crippen molar-refractivity contribution in [3.05, 3.63) is 84.6 Å². The Morgan fingerprint density at radius 1 is 0.923 bits per heavy atom. The summed E-state index contributed by atoms with van der Waals surface area (Å²) in [7, 11) is 0. The van der Waals surface area contributed by atoms with Gasteiger partial charge in [-0.15, -0.1) is 0 Å². The van der Waals surface area contributed by atoms with Crippen molar-refractivity contribution in [2.75, 3.05) is 5.32 Å². The van der Waals surface area contributed by atoms with E-state index in [2.05, 4.69) is 15.8 Å². The highest BCUT2D eigenvalue weighted by molar-refractivity contribution is 6.01. The zero-order valence-corrected chi connectivity index (χ0v) is 14.0. The first-order chi connectivity index (χ1) is 12.8. The molecule has 1 heterocycles. The number of fused-ring (bicyclic) bond motifs is 1.